The van der Waals surface area contributed by atoms with Crippen LogP contribution in [0.2, 0.25) is 0 Å². The van der Waals surface area contributed by atoms with Crippen molar-refractivity contribution in [1.29, 1.82) is 0 Å². The fourth-order valence-electron chi connectivity index (χ4n) is 2.75. The number of ether oxygens (including phenoxy) is 1. The molecule has 1 aromatic heterocycles. The fourth-order valence-corrected chi connectivity index (χ4v) is 2.75. The van der Waals surface area contributed by atoms with Gasteiger partial charge in [-0.2, -0.15) is 0 Å². The van der Waals surface area contributed by atoms with Crippen LogP contribution in [0, 0.1) is 0 Å². The van der Waals surface area contributed by atoms with Crippen molar-refractivity contribution >= 4 is 0 Å². The van der Waals surface area contributed by atoms with Crippen LogP contribution in [0.1, 0.15) is 5.56 Å². The third-order valence-corrected chi connectivity index (χ3v) is 3.95. The van der Waals surface area contributed by atoms with Crippen LogP contribution in [0.15, 0.2) is 36.7 Å². The molecule has 5 heteroatoms. The van der Waals surface area contributed by atoms with Gasteiger partial charge in [0, 0.05) is 50.0 Å². The van der Waals surface area contributed by atoms with E-state index < -0.39 is 0 Å². The maximum Gasteiger partial charge on any atom is 0.134 e. The standard InChI is InChI=1S/C17H21N3O2/c1-22-17-9-13(15-8-16(21)11-19-10-15)2-3-14(17)12-20-6-4-18-5-7-20/h2-3,8-11,18,21H,4-7,12H2,1H3. The predicted molar refractivity (Wildman–Crippen MR) is 86.0 cm³/mol. The van der Waals surface area contributed by atoms with Crippen molar-refractivity contribution in [2.45, 2.75) is 6.54 Å². The molecule has 22 heavy (non-hydrogen) atoms. The molecule has 116 valence electrons. The highest BCUT2D eigenvalue weighted by atomic mass is 16.5. The number of hydrogen-bond donors (Lipinski definition) is 2. The molecule has 1 aliphatic heterocycles. The van der Waals surface area contributed by atoms with Crippen molar-refractivity contribution in [2.75, 3.05) is 33.3 Å². The zero-order valence-corrected chi connectivity index (χ0v) is 12.7. The summed E-state index contributed by atoms with van der Waals surface area (Å²) in [6, 6.07) is 7.86. The molecule has 0 unspecified atom stereocenters. The lowest BCUT2D eigenvalue weighted by molar-refractivity contribution is 0.230. The Hall–Kier alpha value is -2.11. The van der Waals surface area contributed by atoms with Crippen molar-refractivity contribution in [1.82, 2.24) is 15.2 Å². The zero-order valence-electron chi connectivity index (χ0n) is 12.7. The topological polar surface area (TPSA) is 57.6 Å². The van der Waals surface area contributed by atoms with Crippen LogP contribution in [0.3, 0.4) is 0 Å². The third-order valence-electron chi connectivity index (χ3n) is 3.95. The molecule has 0 amide bonds. The maximum atomic E-state index is 9.57. The smallest absolute Gasteiger partial charge is 0.134 e. The Balaban J connectivity index is 1.83. The predicted octanol–water partition coefficient (Wildman–Crippen LogP) is 1.87. The van der Waals surface area contributed by atoms with E-state index in [0.29, 0.717) is 0 Å². The number of benzene rings is 1. The molecule has 0 bridgehead atoms. The van der Waals surface area contributed by atoms with Gasteiger partial charge in [-0.05, 0) is 17.7 Å². The zero-order chi connectivity index (χ0) is 15.4. The van der Waals surface area contributed by atoms with Crippen LogP contribution in [-0.2, 0) is 6.54 Å². The molecular formula is C17H21N3O2. The first-order valence-electron chi connectivity index (χ1n) is 7.50. The van der Waals surface area contributed by atoms with Gasteiger partial charge in [-0.15, -0.1) is 0 Å². The monoisotopic (exact) mass is 299 g/mol. The van der Waals surface area contributed by atoms with Crippen molar-refractivity contribution in [3.05, 3.63) is 42.2 Å². The summed E-state index contributed by atoms with van der Waals surface area (Å²) in [5, 5.41) is 12.9. The van der Waals surface area contributed by atoms with E-state index >= 15 is 0 Å². The summed E-state index contributed by atoms with van der Waals surface area (Å²) in [4.78, 5) is 6.45. The van der Waals surface area contributed by atoms with E-state index in [9.17, 15) is 5.11 Å². The number of nitrogens with one attached hydrogen (secondary N) is 1. The summed E-state index contributed by atoms with van der Waals surface area (Å²) in [6.45, 7) is 5.08. The van der Waals surface area contributed by atoms with E-state index in [1.807, 2.05) is 6.07 Å². The van der Waals surface area contributed by atoms with Gasteiger partial charge >= 0.3 is 0 Å². The first kappa shape index (κ1) is 14.8. The van der Waals surface area contributed by atoms with Crippen LogP contribution >= 0.6 is 0 Å². The second-order valence-electron chi connectivity index (χ2n) is 5.48. The Labute approximate surface area is 130 Å². The number of hydrogen-bond acceptors (Lipinski definition) is 5. The van der Waals surface area contributed by atoms with Gasteiger partial charge in [0.25, 0.3) is 0 Å². The molecule has 1 fully saturated rings. The largest absolute Gasteiger partial charge is 0.506 e. The second-order valence-corrected chi connectivity index (χ2v) is 5.48. The van der Waals surface area contributed by atoms with Crippen molar-refractivity contribution in [3.63, 3.8) is 0 Å². The molecule has 1 saturated heterocycles. The van der Waals surface area contributed by atoms with Crippen LogP contribution in [0.5, 0.6) is 11.5 Å². The number of rotatable bonds is 4. The Morgan fingerprint density at radius 1 is 1.18 bits per heavy atom. The van der Waals surface area contributed by atoms with Crippen molar-refractivity contribution < 1.29 is 9.84 Å². The van der Waals surface area contributed by atoms with E-state index in [1.54, 1.807) is 19.4 Å². The maximum absolute atomic E-state index is 9.57. The van der Waals surface area contributed by atoms with E-state index in [0.717, 1.165) is 49.6 Å². The van der Waals surface area contributed by atoms with Crippen molar-refractivity contribution in [2.24, 2.45) is 0 Å². The molecule has 0 saturated carbocycles. The highest BCUT2D eigenvalue weighted by Gasteiger charge is 2.13. The van der Waals surface area contributed by atoms with Gasteiger partial charge < -0.3 is 15.2 Å². The van der Waals surface area contributed by atoms with E-state index in [4.69, 9.17) is 4.74 Å². The summed E-state index contributed by atoms with van der Waals surface area (Å²) in [5.41, 5.74) is 3.05. The third kappa shape index (κ3) is 3.37. The van der Waals surface area contributed by atoms with Crippen LogP contribution in [0.25, 0.3) is 11.1 Å². The molecule has 1 aromatic carbocycles. The molecule has 1 aliphatic rings. The Kier molecular flexibility index (Phi) is 4.56. The first-order chi connectivity index (χ1) is 10.8. The molecule has 0 radical (unpaired) electrons. The number of aromatic hydroxyl groups is 1. The van der Waals surface area contributed by atoms with Gasteiger partial charge in [0.15, 0.2) is 0 Å². The molecule has 3 rings (SSSR count). The molecule has 2 aromatic rings. The van der Waals surface area contributed by atoms with E-state index in [-0.39, 0.29) is 5.75 Å². The summed E-state index contributed by atoms with van der Waals surface area (Å²) < 4.78 is 5.55. The first-order valence-corrected chi connectivity index (χ1v) is 7.50. The van der Waals surface area contributed by atoms with Crippen LogP contribution in [0.4, 0.5) is 0 Å². The van der Waals surface area contributed by atoms with Gasteiger partial charge in [-0.1, -0.05) is 12.1 Å². The van der Waals surface area contributed by atoms with Gasteiger partial charge in [-0.3, -0.25) is 9.88 Å². The summed E-state index contributed by atoms with van der Waals surface area (Å²) in [5.74, 6) is 1.04. The number of pyridine rings is 1. The minimum Gasteiger partial charge on any atom is -0.506 e. The highest BCUT2D eigenvalue weighted by Crippen LogP contribution is 2.29. The minimum absolute atomic E-state index is 0.168. The number of piperazine rings is 1. The number of methoxy groups -OCH3 is 1. The SMILES string of the molecule is COc1cc(-c2cncc(O)c2)ccc1CN1CCNCC1. The summed E-state index contributed by atoms with van der Waals surface area (Å²) >= 11 is 0. The average molecular weight is 299 g/mol. The molecule has 5 nitrogen and oxygen atoms in total. The van der Waals surface area contributed by atoms with Gasteiger partial charge in [0.1, 0.15) is 11.5 Å². The van der Waals surface area contributed by atoms with Gasteiger partial charge in [0.2, 0.25) is 0 Å². The highest BCUT2D eigenvalue weighted by molar-refractivity contribution is 5.66. The fraction of sp³-hybridized carbons (Fsp3) is 0.353. The lowest BCUT2D eigenvalue weighted by Gasteiger charge is -2.27. The van der Waals surface area contributed by atoms with Crippen molar-refractivity contribution in [3.8, 4) is 22.6 Å². The number of aromatic nitrogens is 1. The molecular weight excluding hydrogens is 278 g/mol. The Bertz CT molecular complexity index is 640. The lowest BCUT2D eigenvalue weighted by Crippen LogP contribution is -2.42. The molecule has 2 N–H and O–H groups in total. The molecule has 0 spiro atoms. The molecule has 0 aliphatic carbocycles. The number of nitrogens with zero attached hydrogens (tertiary/aromatic N) is 2. The summed E-state index contributed by atoms with van der Waals surface area (Å²) in [6.07, 6.45) is 3.17. The molecule has 2 heterocycles. The van der Waals surface area contributed by atoms with Gasteiger partial charge in [-0.25, -0.2) is 0 Å². The Morgan fingerprint density at radius 3 is 2.73 bits per heavy atom. The van der Waals surface area contributed by atoms with E-state index in [1.165, 1.54) is 11.8 Å². The quantitative estimate of drug-likeness (QED) is 0.902. The Morgan fingerprint density at radius 2 is 2.00 bits per heavy atom. The van der Waals surface area contributed by atoms with Crippen LogP contribution < -0.4 is 10.1 Å². The lowest BCUT2D eigenvalue weighted by atomic mass is 10.0. The van der Waals surface area contributed by atoms with E-state index in [2.05, 4.69) is 27.3 Å². The minimum atomic E-state index is 0.168. The van der Waals surface area contributed by atoms with Gasteiger partial charge in [0.05, 0.1) is 13.3 Å². The second kappa shape index (κ2) is 6.77. The average Bonchev–Trinajstić information content (AvgIpc) is 2.56. The normalized spacial score (nSPS) is 15.7. The molecule has 0 atom stereocenters. The summed E-state index contributed by atoms with van der Waals surface area (Å²) in [7, 11) is 1.70. The van der Waals surface area contributed by atoms with Crippen LogP contribution in [-0.4, -0.2) is 48.3 Å².